The Kier molecular flexibility index (Phi) is 5.21. The van der Waals surface area contributed by atoms with Crippen LogP contribution in [0.2, 0.25) is 0 Å². The van der Waals surface area contributed by atoms with Gasteiger partial charge in [-0.3, -0.25) is 0 Å². The Hall–Kier alpha value is -0.860. The summed E-state index contributed by atoms with van der Waals surface area (Å²) in [5.41, 5.74) is 2.67. The first-order valence-corrected chi connectivity index (χ1v) is 7.07. The first kappa shape index (κ1) is 13.6. The minimum atomic E-state index is 0.324. The maximum atomic E-state index is 5.71. The molecule has 2 heteroatoms. The predicted molar refractivity (Wildman–Crippen MR) is 73.8 cm³/mol. The van der Waals surface area contributed by atoms with E-state index in [0.29, 0.717) is 18.6 Å². The van der Waals surface area contributed by atoms with E-state index in [1.165, 1.54) is 24.0 Å². The molecule has 0 N–H and O–H groups in total. The fraction of sp³-hybridized carbons (Fsp3) is 0.625. The fourth-order valence-corrected chi connectivity index (χ4v) is 2.26. The van der Waals surface area contributed by atoms with E-state index in [4.69, 9.17) is 9.47 Å². The molecule has 1 fully saturated rings. The topological polar surface area (TPSA) is 18.5 Å². The van der Waals surface area contributed by atoms with Crippen LogP contribution in [-0.4, -0.2) is 19.3 Å². The van der Waals surface area contributed by atoms with E-state index in [-0.39, 0.29) is 0 Å². The first-order valence-electron chi connectivity index (χ1n) is 7.07. The molecule has 0 bridgehead atoms. The van der Waals surface area contributed by atoms with E-state index in [9.17, 15) is 0 Å². The van der Waals surface area contributed by atoms with Crippen LogP contribution in [0.3, 0.4) is 0 Å². The number of ether oxygens (including phenoxy) is 2. The van der Waals surface area contributed by atoms with E-state index in [1.807, 2.05) is 0 Å². The lowest BCUT2D eigenvalue weighted by molar-refractivity contribution is 0.0106. The molecular weight excluding hydrogens is 224 g/mol. The summed E-state index contributed by atoms with van der Waals surface area (Å²) in [5, 5.41) is 0. The zero-order valence-electron chi connectivity index (χ0n) is 11.5. The lowest BCUT2D eigenvalue weighted by Crippen LogP contribution is -2.13. The van der Waals surface area contributed by atoms with Gasteiger partial charge in [-0.1, -0.05) is 38.1 Å². The van der Waals surface area contributed by atoms with Crippen LogP contribution in [0.4, 0.5) is 0 Å². The van der Waals surface area contributed by atoms with Crippen LogP contribution >= 0.6 is 0 Å². The molecule has 0 aromatic heterocycles. The Bertz CT molecular complexity index is 339. The Morgan fingerprint density at radius 1 is 1.33 bits per heavy atom. The molecule has 1 aliphatic rings. The van der Waals surface area contributed by atoms with E-state index >= 15 is 0 Å². The third-order valence-electron chi connectivity index (χ3n) is 3.76. The van der Waals surface area contributed by atoms with Crippen LogP contribution in [0, 0.1) is 0 Å². The van der Waals surface area contributed by atoms with E-state index in [2.05, 4.69) is 38.1 Å². The van der Waals surface area contributed by atoms with E-state index < -0.39 is 0 Å². The lowest BCUT2D eigenvalue weighted by atomic mass is 9.98. The summed E-state index contributed by atoms with van der Waals surface area (Å²) in [4.78, 5) is 0. The van der Waals surface area contributed by atoms with Gasteiger partial charge in [0.15, 0.2) is 0 Å². The maximum Gasteiger partial charge on any atom is 0.0809 e. The third kappa shape index (κ3) is 3.82. The van der Waals surface area contributed by atoms with Gasteiger partial charge in [0.25, 0.3) is 0 Å². The van der Waals surface area contributed by atoms with E-state index in [0.717, 1.165) is 19.6 Å². The van der Waals surface area contributed by atoms with Gasteiger partial charge in [-0.05, 0) is 36.3 Å². The van der Waals surface area contributed by atoms with Crippen molar-refractivity contribution >= 4 is 0 Å². The molecule has 1 aromatic carbocycles. The van der Waals surface area contributed by atoms with Crippen molar-refractivity contribution in [2.45, 2.75) is 51.7 Å². The first-order chi connectivity index (χ1) is 8.79. The van der Waals surface area contributed by atoms with Crippen molar-refractivity contribution in [1.29, 1.82) is 0 Å². The second kappa shape index (κ2) is 6.91. The Morgan fingerprint density at radius 2 is 2.11 bits per heavy atom. The molecule has 0 saturated carbocycles. The second-order valence-electron chi connectivity index (χ2n) is 5.20. The molecular formula is C16H24O2. The maximum absolute atomic E-state index is 5.71. The largest absolute Gasteiger partial charge is 0.376 e. The molecule has 0 spiro atoms. The second-order valence-corrected chi connectivity index (χ2v) is 5.20. The molecule has 0 aliphatic carbocycles. The highest BCUT2D eigenvalue weighted by Gasteiger charge is 2.15. The van der Waals surface area contributed by atoms with Crippen LogP contribution in [-0.2, 0) is 16.1 Å². The SMILES string of the molecule is CCC(C)c1ccc(COCC2CCCO2)cc1. The molecule has 1 aliphatic heterocycles. The highest BCUT2D eigenvalue weighted by Crippen LogP contribution is 2.19. The zero-order chi connectivity index (χ0) is 12.8. The number of benzene rings is 1. The predicted octanol–water partition coefficient (Wildman–Crippen LogP) is 3.90. The molecule has 2 rings (SSSR count). The van der Waals surface area contributed by atoms with Gasteiger partial charge in [0.1, 0.15) is 0 Å². The van der Waals surface area contributed by atoms with Crippen molar-refractivity contribution in [3.05, 3.63) is 35.4 Å². The molecule has 0 amide bonds. The molecule has 100 valence electrons. The molecule has 0 radical (unpaired) electrons. The minimum Gasteiger partial charge on any atom is -0.376 e. The van der Waals surface area contributed by atoms with Gasteiger partial charge >= 0.3 is 0 Å². The van der Waals surface area contributed by atoms with Gasteiger partial charge in [0.2, 0.25) is 0 Å². The van der Waals surface area contributed by atoms with E-state index in [1.54, 1.807) is 0 Å². The van der Waals surface area contributed by atoms with Crippen molar-refractivity contribution in [2.24, 2.45) is 0 Å². The molecule has 2 unspecified atom stereocenters. The summed E-state index contributed by atoms with van der Waals surface area (Å²) in [6, 6.07) is 8.80. The Labute approximate surface area is 110 Å². The van der Waals surface area contributed by atoms with Gasteiger partial charge in [0.05, 0.1) is 19.3 Å². The summed E-state index contributed by atoms with van der Waals surface area (Å²) in [6.45, 7) is 6.82. The van der Waals surface area contributed by atoms with Gasteiger partial charge in [-0.2, -0.15) is 0 Å². The standard InChI is InChI=1S/C16H24O2/c1-3-13(2)15-8-6-14(7-9-15)11-17-12-16-5-4-10-18-16/h6-9,13,16H,3-5,10-12H2,1-2H3. The van der Waals surface area contributed by atoms with Crippen LogP contribution in [0.15, 0.2) is 24.3 Å². The normalized spacial score (nSPS) is 21.1. The van der Waals surface area contributed by atoms with Crippen molar-refractivity contribution in [3.8, 4) is 0 Å². The monoisotopic (exact) mass is 248 g/mol. The molecule has 2 atom stereocenters. The summed E-state index contributed by atoms with van der Waals surface area (Å²) in [6.07, 6.45) is 3.84. The van der Waals surface area contributed by atoms with Crippen LogP contribution in [0.1, 0.15) is 50.2 Å². The molecule has 18 heavy (non-hydrogen) atoms. The van der Waals surface area contributed by atoms with Crippen LogP contribution in [0.25, 0.3) is 0 Å². The highest BCUT2D eigenvalue weighted by atomic mass is 16.5. The number of rotatable bonds is 6. The van der Waals surface area contributed by atoms with Crippen molar-refractivity contribution < 1.29 is 9.47 Å². The molecule has 2 nitrogen and oxygen atoms in total. The average Bonchev–Trinajstić information content (AvgIpc) is 2.92. The molecule has 1 saturated heterocycles. The van der Waals surface area contributed by atoms with Crippen molar-refractivity contribution in [1.82, 2.24) is 0 Å². The fourth-order valence-electron chi connectivity index (χ4n) is 2.26. The summed E-state index contributed by atoms with van der Waals surface area (Å²) in [5.74, 6) is 0.645. The van der Waals surface area contributed by atoms with Gasteiger partial charge in [-0.25, -0.2) is 0 Å². The van der Waals surface area contributed by atoms with Gasteiger partial charge < -0.3 is 9.47 Å². The average molecular weight is 248 g/mol. The Balaban J connectivity index is 1.75. The number of hydrogen-bond acceptors (Lipinski definition) is 2. The minimum absolute atomic E-state index is 0.324. The molecule has 1 heterocycles. The summed E-state index contributed by atoms with van der Waals surface area (Å²) < 4.78 is 11.2. The van der Waals surface area contributed by atoms with Crippen LogP contribution < -0.4 is 0 Å². The van der Waals surface area contributed by atoms with Gasteiger partial charge in [0, 0.05) is 6.61 Å². The highest BCUT2D eigenvalue weighted by molar-refractivity contribution is 5.24. The van der Waals surface area contributed by atoms with Gasteiger partial charge in [-0.15, -0.1) is 0 Å². The lowest BCUT2D eigenvalue weighted by Gasteiger charge is -2.12. The quantitative estimate of drug-likeness (QED) is 0.760. The van der Waals surface area contributed by atoms with Crippen molar-refractivity contribution in [3.63, 3.8) is 0 Å². The summed E-state index contributed by atoms with van der Waals surface area (Å²) >= 11 is 0. The summed E-state index contributed by atoms with van der Waals surface area (Å²) in [7, 11) is 0. The number of hydrogen-bond donors (Lipinski definition) is 0. The third-order valence-corrected chi connectivity index (χ3v) is 3.76. The zero-order valence-corrected chi connectivity index (χ0v) is 11.5. The molecule has 1 aromatic rings. The van der Waals surface area contributed by atoms with Crippen molar-refractivity contribution in [2.75, 3.05) is 13.2 Å². The Morgan fingerprint density at radius 3 is 2.72 bits per heavy atom. The van der Waals surface area contributed by atoms with Crippen LogP contribution in [0.5, 0.6) is 0 Å². The smallest absolute Gasteiger partial charge is 0.0809 e.